The maximum absolute atomic E-state index is 12.2. The second-order valence-electron chi connectivity index (χ2n) is 4.89. The van der Waals surface area contributed by atoms with Gasteiger partial charge in [-0.1, -0.05) is 18.2 Å². The number of carbonyl (C=O) groups is 2. The van der Waals surface area contributed by atoms with Crippen molar-refractivity contribution in [2.75, 3.05) is 14.2 Å². The number of hydrogen-bond acceptors (Lipinski definition) is 6. The van der Waals surface area contributed by atoms with Crippen LogP contribution in [0.15, 0.2) is 51.7 Å². The molecule has 0 fully saturated rings. The number of carbonyl (C=O) groups excluding carboxylic acids is 2. The van der Waals surface area contributed by atoms with Crippen LogP contribution in [0.2, 0.25) is 0 Å². The third kappa shape index (κ3) is 2.45. The van der Waals surface area contributed by atoms with Crippen molar-refractivity contribution in [2.24, 2.45) is 0 Å². The number of nitrogens with zero attached hydrogens (tertiary/aromatic N) is 1. The van der Waals surface area contributed by atoms with Crippen LogP contribution in [0, 0.1) is 0 Å². The molecule has 122 valence electrons. The van der Waals surface area contributed by atoms with Crippen molar-refractivity contribution < 1.29 is 23.5 Å². The quantitative estimate of drug-likeness (QED) is 0.685. The van der Waals surface area contributed by atoms with E-state index in [4.69, 9.17) is 9.15 Å². The molecule has 7 heteroatoms. The molecular weight excluding hydrogens is 314 g/mol. The lowest BCUT2D eigenvalue weighted by Crippen LogP contribution is -2.13. The second kappa shape index (κ2) is 6.04. The summed E-state index contributed by atoms with van der Waals surface area (Å²) in [6, 6.07) is 11.5. The molecule has 1 aromatic heterocycles. The van der Waals surface area contributed by atoms with E-state index < -0.39 is 17.7 Å². The Bertz CT molecular complexity index is 983. The van der Waals surface area contributed by atoms with Gasteiger partial charge in [0.2, 0.25) is 0 Å². The average Bonchev–Trinajstić information content (AvgIpc) is 2.94. The van der Waals surface area contributed by atoms with Crippen molar-refractivity contribution in [1.82, 2.24) is 4.57 Å². The fourth-order valence-corrected chi connectivity index (χ4v) is 2.44. The molecule has 1 heterocycles. The van der Waals surface area contributed by atoms with Gasteiger partial charge in [0.05, 0.1) is 36.6 Å². The van der Waals surface area contributed by atoms with E-state index in [0.717, 1.165) is 0 Å². The molecule has 0 saturated heterocycles. The van der Waals surface area contributed by atoms with Gasteiger partial charge in [-0.2, -0.15) is 0 Å². The van der Waals surface area contributed by atoms with Gasteiger partial charge in [-0.3, -0.25) is 0 Å². The number of oxazole rings is 1. The van der Waals surface area contributed by atoms with Crippen LogP contribution in [0.3, 0.4) is 0 Å². The highest BCUT2D eigenvalue weighted by molar-refractivity contribution is 6.06. The van der Waals surface area contributed by atoms with Crippen molar-refractivity contribution in [3.05, 3.63) is 64.1 Å². The van der Waals surface area contributed by atoms with Crippen LogP contribution in [0.25, 0.3) is 16.8 Å². The van der Waals surface area contributed by atoms with Crippen LogP contribution in [-0.4, -0.2) is 30.7 Å². The Morgan fingerprint density at radius 3 is 2.12 bits per heavy atom. The molecule has 0 saturated carbocycles. The SMILES string of the molecule is COC(=O)c1cc2oc(=O)n(-c3ccccc3)c2cc1C(=O)OC. The predicted molar refractivity (Wildman–Crippen MR) is 84.5 cm³/mol. The maximum Gasteiger partial charge on any atom is 0.424 e. The third-order valence-corrected chi connectivity index (χ3v) is 3.54. The summed E-state index contributed by atoms with van der Waals surface area (Å²) in [7, 11) is 2.39. The summed E-state index contributed by atoms with van der Waals surface area (Å²) in [6.07, 6.45) is 0. The largest absolute Gasteiger partial charge is 0.465 e. The van der Waals surface area contributed by atoms with E-state index in [-0.39, 0.29) is 16.7 Å². The van der Waals surface area contributed by atoms with Crippen LogP contribution >= 0.6 is 0 Å². The van der Waals surface area contributed by atoms with Gasteiger partial charge in [-0.15, -0.1) is 0 Å². The van der Waals surface area contributed by atoms with E-state index >= 15 is 0 Å². The number of para-hydroxylation sites is 1. The van der Waals surface area contributed by atoms with Gasteiger partial charge in [-0.25, -0.2) is 19.0 Å². The monoisotopic (exact) mass is 327 g/mol. The highest BCUT2D eigenvalue weighted by atomic mass is 16.5. The number of rotatable bonds is 3. The fourth-order valence-electron chi connectivity index (χ4n) is 2.44. The number of fused-ring (bicyclic) bond motifs is 1. The molecule has 0 aliphatic carbocycles. The molecule has 0 spiro atoms. The third-order valence-electron chi connectivity index (χ3n) is 3.54. The minimum absolute atomic E-state index is 0.0117. The van der Waals surface area contributed by atoms with Gasteiger partial charge in [-0.05, 0) is 24.3 Å². The molecule has 24 heavy (non-hydrogen) atoms. The molecule has 0 unspecified atom stereocenters. The Hall–Kier alpha value is -3.35. The summed E-state index contributed by atoms with van der Waals surface area (Å²) < 4.78 is 15.9. The summed E-state index contributed by atoms with van der Waals surface area (Å²) >= 11 is 0. The molecule has 2 aromatic carbocycles. The number of aromatic nitrogens is 1. The number of ether oxygens (including phenoxy) is 2. The summed E-state index contributed by atoms with van der Waals surface area (Å²) in [5, 5.41) is 0. The van der Waals surface area contributed by atoms with E-state index in [0.29, 0.717) is 11.2 Å². The second-order valence-corrected chi connectivity index (χ2v) is 4.89. The highest BCUT2D eigenvalue weighted by Crippen LogP contribution is 2.23. The molecule has 0 N–H and O–H groups in total. The summed E-state index contributed by atoms with van der Waals surface area (Å²) in [4.78, 5) is 36.1. The topological polar surface area (TPSA) is 87.7 Å². The number of methoxy groups -OCH3 is 2. The Morgan fingerprint density at radius 1 is 0.958 bits per heavy atom. The van der Waals surface area contributed by atoms with Gasteiger partial charge in [0, 0.05) is 0 Å². The number of esters is 2. The van der Waals surface area contributed by atoms with Crippen LogP contribution < -0.4 is 5.76 Å². The van der Waals surface area contributed by atoms with Gasteiger partial charge in [0.25, 0.3) is 0 Å². The van der Waals surface area contributed by atoms with E-state index in [1.807, 2.05) is 6.07 Å². The van der Waals surface area contributed by atoms with Crippen molar-refractivity contribution in [3.63, 3.8) is 0 Å². The molecule has 0 bridgehead atoms. The average molecular weight is 327 g/mol. The van der Waals surface area contributed by atoms with E-state index in [1.54, 1.807) is 24.3 Å². The summed E-state index contributed by atoms with van der Waals surface area (Å²) in [6.45, 7) is 0. The lowest BCUT2D eigenvalue weighted by atomic mass is 10.1. The van der Waals surface area contributed by atoms with Crippen LogP contribution in [-0.2, 0) is 9.47 Å². The van der Waals surface area contributed by atoms with E-state index in [9.17, 15) is 14.4 Å². The molecule has 7 nitrogen and oxygen atoms in total. The summed E-state index contributed by atoms with van der Waals surface area (Å²) in [5.74, 6) is -2.08. The lowest BCUT2D eigenvalue weighted by molar-refractivity contribution is 0.0555. The molecule has 0 atom stereocenters. The van der Waals surface area contributed by atoms with Crippen LogP contribution in [0.1, 0.15) is 20.7 Å². The van der Waals surface area contributed by atoms with Crippen molar-refractivity contribution in [3.8, 4) is 5.69 Å². The zero-order chi connectivity index (χ0) is 17.3. The highest BCUT2D eigenvalue weighted by Gasteiger charge is 2.23. The first kappa shape index (κ1) is 15.5. The fraction of sp³-hybridized carbons (Fsp3) is 0.118. The smallest absolute Gasteiger partial charge is 0.424 e. The van der Waals surface area contributed by atoms with Crippen molar-refractivity contribution >= 4 is 23.0 Å². The standard InChI is InChI=1S/C17H13NO6/c1-22-15(19)11-8-13-14(9-12(11)16(20)23-2)24-17(21)18(13)10-6-4-3-5-7-10/h3-9H,1-2H3. The Labute approximate surface area is 136 Å². The Balaban J connectivity index is 2.35. The lowest BCUT2D eigenvalue weighted by Gasteiger charge is -2.07. The minimum Gasteiger partial charge on any atom is -0.465 e. The van der Waals surface area contributed by atoms with Gasteiger partial charge in [0.15, 0.2) is 5.58 Å². The maximum atomic E-state index is 12.2. The van der Waals surface area contributed by atoms with E-state index in [2.05, 4.69) is 4.74 Å². The molecule has 0 aliphatic heterocycles. The first-order valence-electron chi connectivity index (χ1n) is 6.98. The number of benzene rings is 2. The van der Waals surface area contributed by atoms with Crippen molar-refractivity contribution in [2.45, 2.75) is 0 Å². The molecule has 0 radical (unpaired) electrons. The Kier molecular flexibility index (Phi) is 3.91. The van der Waals surface area contributed by atoms with Gasteiger partial charge < -0.3 is 13.9 Å². The van der Waals surface area contributed by atoms with Crippen LogP contribution in [0.4, 0.5) is 0 Å². The number of hydrogen-bond donors (Lipinski definition) is 0. The normalized spacial score (nSPS) is 10.6. The van der Waals surface area contributed by atoms with Crippen LogP contribution in [0.5, 0.6) is 0 Å². The first-order chi connectivity index (χ1) is 11.6. The molecule has 3 aromatic rings. The zero-order valence-electron chi connectivity index (χ0n) is 12.9. The van der Waals surface area contributed by atoms with Gasteiger partial charge in [0.1, 0.15) is 0 Å². The molecular formula is C17H13NO6. The molecule has 0 aliphatic rings. The molecule has 3 rings (SSSR count). The Morgan fingerprint density at radius 2 is 1.54 bits per heavy atom. The van der Waals surface area contributed by atoms with E-state index in [1.165, 1.54) is 30.9 Å². The summed E-state index contributed by atoms with van der Waals surface area (Å²) in [5.41, 5.74) is 1.03. The van der Waals surface area contributed by atoms with Gasteiger partial charge >= 0.3 is 17.7 Å². The van der Waals surface area contributed by atoms with Crippen molar-refractivity contribution in [1.29, 1.82) is 0 Å². The molecule has 0 amide bonds. The minimum atomic E-state index is -0.729. The zero-order valence-corrected chi connectivity index (χ0v) is 12.9. The first-order valence-corrected chi connectivity index (χ1v) is 6.98. The predicted octanol–water partition coefficient (Wildman–Crippen LogP) is 2.16.